The van der Waals surface area contributed by atoms with E-state index >= 15 is 0 Å². The van der Waals surface area contributed by atoms with Gasteiger partial charge in [-0.1, -0.05) is 18.5 Å². The highest BCUT2D eigenvalue weighted by Gasteiger charge is 2.36. The van der Waals surface area contributed by atoms with Crippen molar-refractivity contribution >= 4 is 17.3 Å². The first kappa shape index (κ1) is 16.4. The van der Waals surface area contributed by atoms with E-state index in [-0.39, 0.29) is 22.4 Å². The van der Waals surface area contributed by atoms with Crippen molar-refractivity contribution in [3.63, 3.8) is 0 Å². The zero-order chi connectivity index (χ0) is 15.7. The number of nitrogens with one attached hydrogen (secondary N) is 1. The van der Waals surface area contributed by atoms with E-state index < -0.39 is 11.7 Å². The second-order valence-corrected chi connectivity index (χ2v) is 6.11. The molecule has 1 aromatic rings. The van der Waals surface area contributed by atoms with E-state index in [1.54, 1.807) is 0 Å². The molecule has 1 saturated heterocycles. The van der Waals surface area contributed by atoms with Crippen LogP contribution in [0.4, 0.5) is 18.9 Å². The summed E-state index contributed by atoms with van der Waals surface area (Å²) < 4.78 is 44.9. The maximum absolute atomic E-state index is 13.1. The lowest BCUT2D eigenvalue weighted by molar-refractivity contribution is -0.137. The number of hydrogen-bond donors (Lipinski definition) is 1. The highest BCUT2D eigenvalue weighted by atomic mass is 35.5. The monoisotopic (exact) mass is 321 g/mol. The molecule has 0 radical (unpaired) electrons. The van der Waals surface area contributed by atoms with Crippen LogP contribution in [-0.2, 0) is 10.9 Å². The average molecular weight is 322 g/mol. The van der Waals surface area contributed by atoms with Crippen LogP contribution in [0, 0.1) is 0 Å². The molecule has 2 rings (SSSR count). The molecule has 1 aromatic carbocycles. The number of hydrogen-bond acceptors (Lipinski definition) is 2. The van der Waals surface area contributed by atoms with Crippen LogP contribution in [0.1, 0.15) is 38.7 Å². The summed E-state index contributed by atoms with van der Waals surface area (Å²) in [7, 11) is 0. The van der Waals surface area contributed by atoms with Gasteiger partial charge in [0.25, 0.3) is 0 Å². The Labute approximate surface area is 127 Å². The molecule has 1 aliphatic rings. The third kappa shape index (κ3) is 4.04. The predicted octanol–water partition coefficient (Wildman–Crippen LogP) is 5.12. The summed E-state index contributed by atoms with van der Waals surface area (Å²) in [6.07, 6.45) is -2.22. The van der Waals surface area contributed by atoms with Gasteiger partial charge in [0.2, 0.25) is 0 Å². The van der Waals surface area contributed by atoms with Crippen molar-refractivity contribution in [3.8, 4) is 0 Å². The quantitative estimate of drug-likeness (QED) is 0.834. The molecule has 21 heavy (non-hydrogen) atoms. The summed E-state index contributed by atoms with van der Waals surface area (Å²) in [5.74, 6) is 0. The molecule has 1 heterocycles. The number of ether oxygens (including phenoxy) is 1. The largest absolute Gasteiger partial charge is 0.418 e. The minimum absolute atomic E-state index is 0.0361. The number of benzene rings is 1. The Morgan fingerprint density at radius 1 is 1.43 bits per heavy atom. The van der Waals surface area contributed by atoms with Gasteiger partial charge < -0.3 is 10.1 Å². The fraction of sp³-hybridized carbons (Fsp3) is 0.600. The van der Waals surface area contributed by atoms with Crippen molar-refractivity contribution in [2.75, 3.05) is 11.9 Å². The first-order valence-electron chi connectivity index (χ1n) is 7.01. The number of alkyl halides is 3. The zero-order valence-electron chi connectivity index (χ0n) is 12.1. The maximum atomic E-state index is 13.1. The van der Waals surface area contributed by atoms with Crippen molar-refractivity contribution in [2.24, 2.45) is 0 Å². The van der Waals surface area contributed by atoms with Crippen LogP contribution in [0.2, 0.25) is 5.02 Å². The molecule has 0 aromatic heterocycles. The smallest absolute Gasteiger partial charge is 0.382 e. The molecule has 0 saturated carbocycles. The second-order valence-electron chi connectivity index (χ2n) is 5.67. The lowest BCUT2D eigenvalue weighted by Gasteiger charge is -2.38. The van der Waals surface area contributed by atoms with E-state index in [2.05, 4.69) is 5.32 Å². The number of rotatable bonds is 3. The van der Waals surface area contributed by atoms with Crippen LogP contribution in [0.15, 0.2) is 18.2 Å². The third-order valence-electron chi connectivity index (χ3n) is 3.99. The van der Waals surface area contributed by atoms with Gasteiger partial charge in [0.15, 0.2) is 0 Å². The molecule has 2 unspecified atom stereocenters. The second kappa shape index (κ2) is 6.05. The Hall–Kier alpha value is -0.940. The SMILES string of the molecule is CCC1(C)CC(Nc2ccc(Cl)cc2C(F)(F)F)CCO1. The van der Waals surface area contributed by atoms with E-state index in [1.165, 1.54) is 12.1 Å². The van der Waals surface area contributed by atoms with E-state index in [0.29, 0.717) is 19.4 Å². The predicted molar refractivity (Wildman–Crippen MR) is 77.7 cm³/mol. The van der Waals surface area contributed by atoms with Crippen molar-refractivity contribution < 1.29 is 17.9 Å². The summed E-state index contributed by atoms with van der Waals surface area (Å²) >= 11 is 5.69. The topological polar surface area (TPSA) is 21.3 Å². The molecule has 118 valence electrons. The molecule has 0 amide bonds. The van der Waals surface area contributed by atoms with Gasteiger partial charge in [-0.05, 0) is 44.4 Å². The standard InChI is InChI=1S/C15H19ClF3NO/c1-3-14(2)9-11(6-7-21-14)20-13-5-4-10(16)8-12(13)15(17,18)19/h4-5,8,11,20H,3,6-7,9H2,1-2H3. The lowest BCUT2D eigenvalue weighted by atomic mass is 9.89. The molecule has 1 aliphatic heterocycles. The maximum Gasteiger partial charge on any atom is 0.418 e. The number of anilines is 1. The molecule has 0 spiro atoms. The van der Waals surface area contributed by atoms with E-state index in [1.807, 2.05) is 13.8 Å². The van der Waals surface area contributed by atoms with Gasteiger partial charge in [0.05, 0.1) is 11.2 Å². The highest BCUT2D eigenvalue weighted by Crippen LogP contribution is 2.38. The first-order valence-corrected chi connectivity index (χ1v) is 7.38. The summed E-state index contributed by atoms with van der Waals surface area (Å²) in [6.45, 7) is 4.57. The molecule has 6 heteroatoms. The highest BCUT2D eigenvalue weighted by molar-refractivity contribution is 6.30. The third-order valence-corrected chi connectivity index (χ3v) is 4.22. The summed E-state index contributed by atoms with van der Waals surface area (Å²) in [5, 5.41) is 3.10. The van der Waals surface area contributed by atoms with Crippen LogP contribution >= 0.6 is 11.6 Å². The van der Waals surface area contributed by atoms with Gasteiger partial charge in [-0.25, -0.2) is 0 Å². The van der Waals surface area contributed by atoms with Gasteiger partial charge in [-0.15, -0.1) is 0 Å². The summed E-state index contributed by atoms with van der Waals surface area (Å²) in [5.41, 5.74) is -0.919. The normalized spacial score (nSPS) is 26.7. The summed E-state index contributed by atoms with van der Waals surface area (Å²) in [4.78, 5) is 0. The Morgan fingerprint density at radius 2 is 2.14 bits per heavy atom. The Kier molecular flexibility index (Phi) is 4.73. The van der Waals surface area contributed by atoms with Crippen LogP contribution in [0.25, 0.3) is 0 Å². The molecular formula is C15H19ClF3NO. The molecule has 0 aliphatic carbocycles. The van der Waals surface area contributed by atoms with Crippen molar-refractivity contribution in [1.82, 2.24) is 0 Å². The van der Waals surface area contributed by atoms with Gasteiger partial charge in [0.1, 0.15) is 0 Å². The molecule has 0 bridgehead atoms. The van der Waals surface area contributed by atoms with Gasteiger partial charge in [0, 0.05) is 23.4 Å². The van der Waals surface area contributed by atoms with Crippen molar-refractivity contribution in [2.45, 2.75) is 50.9 Å². The minimum Gasteiger partial charge on any atom is -0.382 e. The molecule has 1 fully saturated rings. The fourth-order valence-corrected chi connectivity index (χ4v) is 2.77. The van der Waals surface area contributed by atoms with Crippen molar-refractivity contribution in [1.29, 1.82) is 0 Å². The van der Waals surface area contributed by atoms with Crippen LogP contribution in [0.5, 0.6) is 0 Å². The minimum atomic E-state index is -4.42. The molecular weight excluding hydrogens is 303 g/mol. The van der Waals surface area contributed by atoms with Crippen LogP contribution < -0.4 is 5.32 Å². The Balaban J connectivity index is 2.20. The first-order chi connectivity index (χ1) is 9.73. The fourth-order valence-electron chi connectivity index (χ4n) is 2.60. The molecule has 2 atom stereocenters. The van der Waals surface area contributed by atoms with Crippen LogP contribution in [-0.4, -0.2) is 18.2 Å². The van der Waals surface area contributed by atoms with E-state index in [9.17, 15) is 13.2 Å². The zero-order valence-corrected chi connectivity index (χ0v) is 12.8. The van der Waals surface area contributed by atoms with Gasteiger partial charge in [-0.3, -0.25) is 0 Å². The van der Waals surface area contributed by atoms with E-state index in [0.717, 1.165) is 12.5 Å². The Bertz CT molecular complexity index is 506. The van der Waals surface area contributed by atoms with Crippen molar-refractivity contribution in [3.05, 3.63) is 28.8 Å². The van der Waals surface area contributed by atoms with Crippen LogP contribution in [0.3, 0.4) is 0 Å². The lowest BCUT2D eigenvalue weighted by Crippen LogP contribution is -2.42. The average Bonchev–Trinajstić information content (AvgIpc) is 2.40. The van der Waals surface area contributed by atoms with E-state index in [4.69, 9.17) is 16.3 Å². The summed E-state index contributed by atoms with van der Waals surface area (Å²) in [6, 6.07) is 3.79. The Morgan fingerprint density at radius 3 is 2.76 bits per heavy atom. The molecule has 1 N–H and O–H groups in total. The van der Waals surface area contributed by atoms with Gasteiger partial charge in [-0.2, -0.15) is 13.2 Å². The molecule has 2 nitrogen and oxygen atoms in total. The number of halogens is 4. The van der Waals surface area contributed by atoms with Gasteiger partial charge >= 0.3 is 6.18 Å².